The van der Waals surface area contributed by atoms with Crippen molar-refractivity contribution in [1.29, 1.82) is 0 Å². The van der Waals surface area contributed by atoms with E-state index in [2.05, 4.69) is 10.3 Å². The van der Waals surface area contributed by atoms with Crippen molar-refractivity contribution in [2.45, 2.75) is 31.6 Å². The van der Waals surface area contributed by atoms with Crippen molar-refractivity contribution in [3.8, 4) is 0 Å². The predicted molar refractivity (Wildman–Crippen MR) is 97.8 cm³/mol. The molecule has 138 valence electrons. The van der Waals surface area contributed by atoms with Gasteiger partial charge in [0.1, 0.15) is 5.69 Å². The van der Waals surface area contributed by atoms with E-state index in [-0.39, 0.29) is 37.8 Å². The summed E-state index contributed by atoms with van der Waals surface area (Å²) in [6, 6.07) is 13.4. The van der Waals surface area contributed by atoms with E-state index in [9.17, 15) is 13.6 Å². The van der Waals surface area contributed by atoms with Crippen molar-refractivity contribution in [2.75, 3.05) is 24.5 Å². The van der Waals surface area contributed by atoms with Crippen LogP contribution in [0.2, 0.25) is 0 Å². The summed E-state index contributed by atoms with van der Waals surface area (Å²) in [5.74, 6) is -2.65. The van der Waals surface area contributed by atoms with Gasteiger partial charge in [-0.3, -0.25) is 9.78 Å². The number of nitrogens with zero attached hydrogens (tertiary/aromatic N) is 2. The molecule has 0 spiro atoms. The summed E-state index contributed by atoms with van der Waals surface area (Å²) in [5.41, 5.74) is 2.22. The lowest BCUT2D eigenvalue weighted by molar-refractivity contribution is -0.0220. The molecular weight excluding hydrogens is 336 g/mol. The number of pyridine rings is 1. The molecule has 4 nitrogen and oxygen atoms in total. The Balaban J connectivity index is 1.60. The Bertz CT molecular complexity index is 742. The van der Waals surface area contributed by atoms with Gasteiger partial charge in [-0.1, -0.05) is 37.3 Å². The fraction of sp³-hybridized carbons (Fsp3) is 0.400. The highest BCUT2D eigenvalue weighted by atomic mass is 19.3. The Morgan fingerprint density at radius 2 is 1.92 bits per heavy atom. The topological polar surface area (TPSA) is 45.2 Å². The van der Waals surface area contributed by atoms with Crippen molar-refractivity contribution in [2.24, 2.45) is 0 Å². The number of benzene rings is 1. The first-order valence-corrected chi connectivity index (χ1v) is 8.86. The van der Waals surface area contributed by atoms with Crippen LogP contribution in [0.1, 0.15) is 41.7 Å². The Morgan fingerprint density at radius 1 is 1.23 bits per heavy atom. The SMILES string of the molecule is CC(CNC(=O)c1cc(N2CCC(F)(F)CC2)ccn1)c1ccccc1. The molecule has 6 heteroatoms. The normalized spacial score (nSPS) is 17.6. The molecule has 0 saturated carbocycles. The third-order valence-electron chi connectivity index (χ3n) is 4.77. The van der Waals surface area contributed by atoms with Crippen LogP contribution in [-0.4, -0.2) is 36.4 Å². The maximum Gasteiger partial charge on any atom is 0.269 e. The summed E-state index contributed by atoms with van der Waals surface area (Å²) in [6.07, 6.45) is 1.23. The number of rotatable bonds is 5. The number of hydrogen-bond donors (Lipinski definition) is 1. The Morgan fingerprint density at radius 3 is 2.62 bits per heavy atom. The predicted octanol–water partition coefficient (Wildman–Crippen LogP) is 3.85. The van der Waals surface area contributed by atoms with Crippen LogP contribution in [0.3, 0.4) is 0 Å². The zero-order valence-corrected chi connectivity index (χ0v) is 14.8. The van der Waals surface area contributed by atoms with Crippen LogP contribution in [0.25, 0.3) is 0 Å². The number of carbonyl (C=O) groups excluding carboxylic acids is 1. The first-order chi connectivity index (χ1) is 12.4. The van der Waals surface area contributed by atoms with Crippen molar-refractivity contribution in [3.05, 3.63) is 59.9 Å². The summed E-state index contributed by atoms with van der Waals surface area (Å²) in [4.78, 5) is 18.4. The van der Waals surface area contributed by atoms with Gasteiger partial charge >= 0.3 is 0 Å². The third kappa shape index (κ3) is 4.56. The molecule has 26 heavy (non-hydrogen) atoms. The molecule has 2 heterocycles. The molecule has 1 unspecified atom stereocenters. The standard InChI is InChI=1S/C20H23F2N3O/c1-15(16-5-3-2-4-6-16)14-24-19(26)18-13-17(7-10-23-18)25-11-8-20(21,22)9-12-25/h2-7,10,13,15H,8-9,11-12,14H2,1H3,(H,24,26). The summed E-state index contributed by atoms with van der Waals surface area (Å²) >= 11 is 0. The van der Waals surface area contributed by atoms with Crippen molar-refractivity contribution in [3.63, 3.8) is 0 Å². The van der Waals surface area contributed by atoms with Crippen LogP contribution in [0.4, 0.5) is 14.5 Å². The Hall–Kier alpha value is -2.50. The lowest BCUT2D eigenvalue weighted by atomic mass is 10.0. The first-order valence-electron chi connectivity index (χ1n) is 8.86. The number of piperidine rings is 1. The van der Waals surface area contributed by atoms with E-state index in [0.717, 1.165) is 11.3 Å². The number of amides is 1. The van der Waals surface area contributed by atoms with Gasteiger partial charge in [0, 0.05) is 44.4 Å². The lowest BCUT2D eigenvalue weighted by Gasteiger charge is -2.33. The molecule has 1 aromatic carbocycles. The molecule has 1 aliphatic rings. The first kappa shape index (κ1) is 18.3. The van der Waals surface area contributed by atoms with Crippen LogP contribution in [0.5, 0.6) is 0 Å². The Labute approximate surface area is 152 Å². The van der Waals surface area contributed by atoms with E-state index in [1.807, 2.05) is 42.2 Å². The average Bonchev–Trinajstić information content (AvgIpc) is 2.66. The molecule has 0 radical (unpaired) electrons. The number of aromatic nitrogens is 1. The van der Waals surface area contributed by atoms with E-state index < -0.39 is 5.92 Å². The van der Waals surface area contributed by atoms with Gasteiger partial charge in [-0.15, -0.1) is 0 Å². The lowest BCUT2D eigenvalue weighted by Crippen LogP contribution is -2.39. The molecule has 0 aliphatic carbocycles. The van der Waals surface area contributed by atoms with Crippen molar-refractivity contribution >= 4 is 11.6 Å². The molecule has 1 aliphatic heterocycles. The molecule has 1 N–H and O–H groups in total. The van der Waals surface area contributed by atoms with Crippen molar-refractivity contribution in [1.82, 2.24) is 10.3 Å². The maximum absolute atomic E-state index is 13.3. The van der Waals surface area contributed by atoms with E-state index in [4.69, 9.17) is 0 Å². The van der Waals surface area contributed by atoms with Gasteiger partial charge in [0.15, 0.2) is 0 Å². The zero-order valence-electron chi connectivity index (χ0n) is 14.8. The third-order valence-corrected chi connectivity index (χ3v) is 4.77. The fourth-order valence-electron chi connectivity index (χ4n) is 3.07. The summed E-state index contributed by atoms with van der Waals surface area (Å²) in [5, 5.41) is 2.90. The largest absolute Gasteiger partial charge is 0.371 e. The molecule has 1 amide bonds. The highest BCUT2D eigenvalue weighted by Gasteiger charge is 2.34. The van der Waals surface area contributed by atoms with Gasteiger partial charge < -0.3 is 10.2 Å². The van der Waals surface area contributed by atoms with Gasteiger partial charge in [-0.2, -0.15) is 0 Å². The molecule has 1 aromatic heterocycles. The van der Waals surface area contributed by atoms with Crippen LogP contribution in [0, 0.1) is 0 Å². The molecule has 1 fully saturated rings. The average molecular weight is 359 g/mol. The van der Waals surface area contributed by atoms with Crippen LogP contribution in [0.15, 0.2) is 48.7 Å². The summed E-state index contributed by atoms with van der Waals surface area (Å²) < 4.78 is 26.6. The van der Waals surface area contributed by atoms with Crippen LogP contribution in [-0.2, 0) is 0 Å². The number of halogens is 2. The molecule has 2 aromatic rings. The van der Waals surface area contributed by atoms with E-state index in [1.165, 1.54) is 0 Å². The monoisotopic (exact) mass is 359 g/mol. The second kappa shape index (κ2) is 7.81. The van der Waals surface area contributed by atoms with E-state index in [1.54, 1.807) is 18.3 Å². The van der Waals surface area contributed by atoms with Gasteiger partial charge in [0.05, 0.1) is 0 Å². The number of carbonyl (C=O) groups is 1. The van der Waals surface area contributed by atoms with Gasteiger partial charge in [0.25, 0.3) is 11.8 Å². The zero-order chi connectivity index (χ0) is 18.6. The summed E-state index contributed by atoms with van der Waals surface area (Å²) in [7, 11) is 0. The minimum atomic E-state index is -2.59. The summed E-state index contributed by atoms with van der Waals surface area (Å²) in [6.45, 7) is 3.12. The molecule has 3 rings (SSSR count). The minimum absolute atomic E-state index is 0.161. The molecule has 1 atom stereocenters. The van der Waals surface area contributed by atoms with Gasteiger partial charge in [0.2, 0.25) is 0 Å². The number of nitrogens with one attached hydrogen (secondary N) is 1. The van der Waals surface area contributed by atoms with Crippen LogP contribution >= 0.6 is 0 Å². The minimum Gasteiger partial charge on any atom is -0.371 e. The van der Waals surface area contributed by atoms with E-state index in [0.29, 0.717) is 12.2 Å². The van der Waals surface area contributed by atoms with Gasteiger partial charge in [-0.05, 0) is 23.6 Å². The van der Waals surface area contributed by atoms with Crippen molar-refractivity contribution < 1.29 is 13.6 Å². The van der Waals surface area contributed by atoms with Crippen LogP contribution < -0.4 is 10.2 Å². The Kier molecular flexibility index (Phi) is 5.49. The van der Waals surface area contributed by atoms with E-state index >= 15 is 0 Å². The number of hydrogen-bond acceptors (Lipinski definition) is 3. The smallest absolute Gasteiger partial charge is 0.269 e. The quantitative estimate of drug-likeness (QED) is 0.882. The molecular formula is C20H23F2N3O. The highest BCUT2D eigenvalue weighted by molar-refractivity contribution is 5.93. The fourth-order valence-corrected chi connectivity index (χ4v) is 3.07. The molecule has 0 bridgehead atoms. The van der Waals surface area contributed by atoms with Gasteiger partial charge in [-0.25, -0.2) is 8.78 Å². The second-order valence-corrected chi connectivity index (χ2v) is 6.76. The second-order valence-electron chi connectivity index (χ2n) is 6.76. The highest BCUT2D eigenvalue weighted by Crippen LogP contribution is 2.30. The number of anilines is 1. The number of alkyl halides is 2. The maximum atomic E-state index is 13.3. The molecule has 1 saturated heterocycles.